The minimum absolute atomic E-state index is 0.145. The molecule has 0 spiro atoms. The van der Waals surface area contributed by atoms with Gasteiger partial charge in [-0.15, -0.1) is 0 Å². The lowest BCUT2D eigenvalue weighted by atomic mass is 9.97. The lowest BCUT2D eigenvalue weighted by molar-refractivity contribution is -0.135. The smallest absolute Gasteiger partial charge is 0.225 e. The van der Waals surface area contributed by atoms with Crippen LogP contribution in [0.25, 0.3) is 0 Å². The van der Waals surface area contributed by atoms with E-state index in [4.69, 9.17) is 0 Å². The lowest BCUT2D eigenvalue weighted by Crippen LogP contribution is -2.34. The van der Waals surface area contributed by atoms with Crippen LogP contribution in [-0.4, -0.2) is 29.7 Å². The molecular weight excluding hydrogens is 254 g/mol. The van der Waals surface area contributed by atoms with Crippen molar-refractivity contribution in [3.8, 4) is 0 Å². The van der Waals surface area contributed by atoms with Crippen molar-refractivity contribution in [1.82, 2.24) is 4.90 Å². The van der Waals surface area contributed by atoms with Gasteiger partial charge in [-0.25, -0.2) is 0 Å². The molecule has 0 N–H and O–H groups in total. The fourth-order valence-electron chi connectivity index (χ4n) is 1.36. The molecule has 2 nitrogen and oxygen atoms in total. The zero-order valence-electron chi connectivity index (χ0n) is 10.4. The van der Waals surface area contributed by atoms with Gasteiger partial charge in [-0.1, -0.05) is 43.1 Å². The molecule has 0 radical (unpaired) electrons. The summed E-state index contributed by atoms with van der Waals surface area (Å²) in [5.74, 6) is 0.859. The highest BCUT2D eigenvalue weighted by Crippen LogP contribution is 2.13. The van der Waals surface area contributed by atoms with Crippen molar-refractivity contribution in [3.05, 3.63) is 0 Å². The quantitative estimate of drug-likeness (QED) is 0.517. The molecule has 0 aromatic heterocycles. The van der Waals surface area contributed by atoms with Crippen molar-refractivity contribution in [2.45, 2.75) is 40.0 Å². The number of halogens is 1. The number of nitrogens with zero attached hydrogens (tertiary/aromatic N) is 1. The first-order valence-corrected chi connectivity index (χ1v) is 6.93. The van der Waals surface area contributed by atoms with E-state index in [1.54, 1.807) is 0 Å². The Bertz CT molecular complexity index is 182. The van der Waals surface area contributed by atoms with E-state index in [1.165, 1.54) is 12.8 Å². The number of hydrogen-bond acceptors (Lipinski definition) is 1. The fourth-order valence-corrected chi connectivity index (χ4v) is 1.76. The summed E-state index contributed by atoms with van der Waals surface area (Å²) in [4.78, 5) is 13.7. The summed E-state index contributed by atoms with van der Waals surface area (Å²) in [7, 11) is 1.91. The summed E-state index contributed by atoms with van der Waals surface area (Å²) < 4.78 is 0. The Balaban J connectivity index is 3.78. The standard InChI is InChI=1S/C12H24BrNO/c1-10(2)11(3)12(15)14(4)9-7-5-6-8-13/h10-11H,5-9H2,1-4H3. The molecule has 0 aliphatic rings. The number of carbonyl (C=O) groups excluding carboxylic acids is 1. The molecule has 0 saturated carbocycles. The molecule has 0 rings (SSSR count). The number of hydrogen-bond donors (Lipinski definition) is 0. The molecule has 90 valence electrons. The van der Waals surface area contributed by atoms with Gasteiger partial charge < -0.3 is 4.90 Å². The maximum absolute atomic E-state index is 11.9. The molecule has 0 aromatic rings. The summed E-state index contributed by atoms with van der Waals surface area (Å²) in [5, 5.41) is 1.06. The van der Waals surface area contributed by atoms with Gasteiger partial charge in [0, 0.05) is 24.8 Å². The van der Waals surface area contributed by atoms with Crippen LogP contribution in [0.5, 0.6) is 0 Å². The molecule has 1 unspecified atom stereocenters. The monoisotopic (exact) mass is 277 g/mol. The van der Waals surface area contributed by atoms with Gasteiger partial charge in [-0.2, -0.15) is 0 Å². The van der Waals surface area contributed by atoms with E-state index in [1.807, 2.05) is 18.9 Å². The Hall–Kier alpha value is -0.0500. The van der Waals surface area contributed by atoms with Crippen LogP contribution >= 0.6 is 15.9 Å². The molecule has 0 aliphatic heterocycles. The summed E-state index contributed by atoms with van der Waals surface area (Å²) in [6.45, 7) is 7.10. The van der Waals surface area contributed by atoms with Crippen molar-refractivity contribution in [1.29, 1.82) is 0 Å². The molecule has 0 aromatic carbocycles. The highest BCUT2D eigenvalue weighted by atomic mass is 79.9. The average molecular weight is 278 g/mol. The van der Waals surface area contributed by atoms with Crippen molar-refractivity contribution in [2.75, 3.05) is 18.9 Å². The van der Waals surface area contributed by atoms with E-state index in [0.717, 1.165) is 18.3 Å². The van der Waals surface area contributed by atoms with E-state index in [2.05, 4.69) is 29.8 Å². The van der Waals surface area contributed by atoms with Crippen molar-refractivity contribution < 1.29 is 4.79 Å². The Labute approximate surface area is 103 Å². The normalized spacial score (nSPS) is 12.9. The van der Waals surface area contributed by atoms with Gasteiger partial charge in [-0.3, -0.25) is 4.79 Å². The van der Waals surface area contributed by atoms with Crippen LogP contribution in [0.3, 0.4) is 0 Å². The van der Waals surface area contributed by atoms with Crippen LogP contribution in [0.15, 0.2) is 0 Å². The van der Waals surface area contributed by atoms with Crippen LogP contribution in [0.2, 0.25) is 0 Å². The van der Waals surface area contributed by atoms with Gasteiger partial charge in [0.2, 0.25) is 5.91 Å². The molecule has 15 heavy (non-hydrogen) atoms. The third-order valence-electron chi connectivity index (χ3n) is 2.89. The third-order valence-corrected chi connectivity index (χ3v) is 3.45. The third kappa shape index (κ3) is 6.18. The van der Waals surface area contributed by atoms with Crippen molar-refractivity contribution in [2.24, 2.45) is 11.8 Å². The SMILES string of the molecule is CC(C)C(C)C(=O)N(C)CCCCCBr. The number of carbonyl (C=O) groups is 1. The molecule has 1 amide bonds. The zero-order valence-corrected chi connectivity index (χ0v) is 12.0. The largest absolute Gasteiger partial charge is 0.346 e. The van der Waals surface area contributed by atoms with E-state index in [9.17, 15) is 4.79 Å². The Morgan fingerprint density at radius 2 is 1.80 bits per heavy atom. The van der Waals surface area contributed by atoms with E-state index in [0.29, 0.717) is 5.92 Å². The Morgan fingerprint density at radius 3 is 2.27 bits per heavy atom. The molecule has 0 heterocycles. The lowest BCUT2D eigenvalue weighted by Gasteiger charge is -2.23. The average Bonchev–Trinajstić information content (AvgIpc) is 2.21. The fraction of sp³-hybridized carbons (Fsp3) is 0.917. The molecule has 3 heteroatoms. The van der Waals surface area contributed by atoms with Crippen LogP contribution in [-0.2, 0) is 4.79 Å². The number of rotatable bonds is 7. The van der Waals surface area contributed by atoms with E-state index in [-0.39, 0.29) is 11.8 Å². The molecule has 0 aliphatic carbocycles. The Morgan fingerprint density at radius 1 is 1.20 bits per heavy atom. The van der Waals surface area contributed by atoms with Crippen LogP contribution in [0.4, 0.5) is 0 Å². The molecule has 0 saturated heterocycles. The highest BCUT2D eigenvalue weighted by molar-refractivity contribution is 9.09. The second-order valence-electron chi connectivity index (χ2n) is 4.54. The minimum Gasteiger partial charge on any atom is -0.346 e. The maximum Gasteiger partial charge on any atom is 0.225 e. The van der Waals surface area contributed by atoms with Crippen LogP contribution < -0.4 is 0 Å². The summed E-state index contributed by atoms with van der Waals surface area (Å²) >= 11 is 3.41. The van der Waals surface area contributed by atoms with Crippen molar-refractivity contribution >= 4 is 21.8 Å². The molecule has 0 fully saturated rings. The maximum atomic E-state index is 11.9. The van der Waals surface area contributed by atoms with Crippen LogP contribution in [0, 0.1) is 11.8 Å². The van der Waals surface area contributed by atoms with Gasteiger partial charge in [0.15, 0.2) is 0 Å². The summed E-state index contributed by atoms with van der Waals surface area (Å²) in [6.07, 6.45) is 3.50. The first kappa shape index (κ1) is 14.9. The number of alkyl halides is 1. The topological polar surface area (TPSA) is 20.3 Å². The molecule has 1 atom stereocenters. The van der Waals surface area contributed by atoms with E-state index < -0.39 is 0 Å². The first-order valence-electron chi connectivity index (χ1n) is 5.81. The number of amides is 1. The molecular formula is C12H24BrNO. The predicted octanol–water partition coefficient (Wildman–Crippen LogP) is 3.30. The highest BCUT2D eigenvalue weighted by Gasteiger charge is 2.19. The van der Waals surface area contributed by atoms with Gasteiger partial charge in [0.05, 0.1) is 0 Å². The molecule has 0 bridgehead atoms. The second kappa shape index (κ2) is 8.14. The van der Waals surface area contributed by atoms with Crippen LogP contribution in [0.1, 0.15) is 40.0 Å². The number of unbranched alkanes of at least 4 members (excludes halogenated alkanes) is 2. The summed E-state index contributed by atoms with van der Waals surface area (Å²) in [6, 6.07) is 0. The predicted molar refractivity (Wildman–Crippen MR) is 69.3 cm³/mol. The second-order valence-corrected chi connectivity index (χ2v) is 5.34. The van der Waals surface area contributed by atoms with E-state index >= 15 is 0 Å². The van der Waals surface area contributed by atoms with Gasteiger partial charge in [0.1, 0.15) is 0 Å². The summed E-state index contributed by atoms with van der Waals surface area (Å²) in [5.41, 5.74) is 0. The van der Waals surface area contributed by atoms with Gasteiger partial charge >= 0.3 is 0 Å². The zero-order chi connectivity index (χ0) is 11.8. The minimum atomic E-state index is 0.145. The van der Waals surface area contributed by atoms with Gasteiger partial charge in [-0.05, 0) is 18.8 Å². The Kier molecular flexibility index (Phi) is 8.12. The van der Waals surface area contributed by atoms with Crippen molar-refractivity contribution in [3.63, 3.8) is 0 Å². The van der Waals surface area contributed by atoms with Gasteiger partial charge in [0.25, 0.3) is 0 Å². The first-order chi connectivity index (χ1) is 7.00.